The molecule has 0 aliphatic carbocycles. The summed E-state index contributed by atoms with van der Waals surface area (Å²) in [4.78, 5) is 13.1. The number of carbonyl (C=O) groups excluding carboxylic acids is 1. The van der Waals surface area contributed by atoms with Crippen molar-refractivity contribution in [2.24, 2.45) is 0 Å². The van der Waals surface area contributed by atoms with Gasteiger partial charge in [0.1, 0.15) is 11.5 Å². The monoisotopic (exact) mass is 340 g/mol. The van der Waals surface area contributed by atoms with Gasteiger partial charge < -0.3 is 9.32 Å². The topological polar surface area (TPSA) is 108 Å². The Kier molecular flexibility index (Phi) is 4.51. The summed E-state index contributed by atoms with van der Waals surface area (Å²) in [7, 11) is -0.887. The maximum Gasteiger partial charge on any atom is 0.245 e. The number of nitrogens with zero attached hydrogens (tertiary/aromatic N) is 2. The molecule has 2 heterocycles. The molecule has 126 valence electrons. The van der Waals surface area contributed by atoms with Crippen LogP contribution in [0.15, 0.2) is 16.5 Å². The zero-order valence-corrected chi connectivity index (χ0v) is 14.5. The third-order valence-electron chi connectivity index (χ3n) is 3.49. The highest BCUT2D eigenvalue weighted by Crippen LogP contribution is 2.28. The number of carbonyl (C=O) groups is 1. The minimum atomic E-state index is -3.90. The molecule has 1 amide bonds. The van der Waals surface area contributed by atoms with Crippen molar-refractivity contribution in [1.82, 2.24) is 15.1 Å². The molecule has 0 bridgehead atoms. The third-order valence-corrected chi connectivity index (χ3v) is 5.10. The summed E-state index contributed by atoms with van der Waals surface area (Å²) in [6, 6.07) is 3.57. The zero-order chi connectivity index (χ0) is 17.4. The van der Waals surface area contributed by atoms with Crippen LogP contribution in [0.4, 0.5) is 5.82 Å². The van der Waals surface area contributed by atoms with Gasteiger partial charge in [-0.15, -0.1) is 0 Å². The number of aryl methyl sites for hydroxylation is 1. The van der Waals surface area contributed by atoms with Crippen LogP contribution in [-0.4, -0.2) is 48.8 Å². The number of rotatable bonds is 5. The Bertz CT molecular complexity index is 820. The largest absolute Gasteiger partial charge is 0.460 e. The van der Waals surface area contributed by atoms with Crippen LogP contribution >= 0.6 is 0 Å². The maximum atomic E-state index is 12.3. The van der Waals surface area contributed by atoms with Crippen molar-refractivity contribution in [2.45, 2.75) is 26.0 Å². The predicted octanol–water partition coefficient (Wildman–Crippen LogP) is 1.50. The molecule has 1 atom stereocenters. The third kappa shape index (κ3) is 3.39. The van der Waals surface area contributed by atoms with Gasteiger partial charge in [-0.3, -0.25) is 14.6 Å². The smallest absolute Gasteiger partial charge is 0.245 e. The molecule has 0 saturated carbocycles. The number of aromatic amines is 1. The molecule has 0 saturated heterocycles. The van der Waals surface area contributed by atoms with Gasteiger partial charge in [-0.2, -0.15) is 5.10 Å². The highest BCUT2D eigenvalue weighted by Gasteiger charge is 2.30. The number of nitrogens with one attached hydrogen (secondary N) is 2. The summed E-state index contributed by atoms with van der Waals surface area (Å²) in [6.45, 7) is 4.86. The van der Waals surface area contributed by atoms with Gasteiger partial charge in [0.15, 0.2) is 16.8 Å². The standard InChI is InChI=1S/C14H20N4O4S/c1-8-6-7-11(22-8)12-9(2)13(16-15-12)17-23(20,21)10(3)14(19)18(4)5/h6-7,10H,1-5H3,(H2,15,16,17)/t10-/m1/s1. The molecular weight excluding hydrogens is 320 g/mol. The van der Waals surface area contributed by atoms with E-state index in [4.69, 9.17) is 4.42 Å². The molecule has 2 N–H and O–H groups in total. The summed E-state index contributed by atoms with van der Waals surface area (Å²) in [5.74, 6) is 0.941. The number of sulfonamides is 1. The van der Waals surface area contributed by atoms with Crippen molar-refractivity contribution < 1.29 is 17.6 Å². The molecule has 2 aromatic heterocycles. The Labute approximate surface area is 134 Å². The summed E-state index contributed by atoms with van der Waals surface area (Å²) >= 11 is 0. The Balaban J connectivity index is 2.27. The number of furan rings is 1. The number of hydrogen-bond acceptors (Lipinski definition) is 5. The Morgan fingerprint density at radius 2 is 2.00 bits per heavy atom. The van der Waals surface area contributed by atoms with Crippen LogP contribution in [0.5, 0.6) is 0 Å². The molecule has 0 aromatic carbocycles. The maximum absolute atomic E-state index is 12.3. The van der Waals surface area contributed by atoms with E-state index in [-0.39, 0.29) is 5.82 Å². The number of anilines is 1. The summed E-state index contributed by atoms with van der Waals surface area (Å²) < 4.78 is 32.5. The van der Waals surface area contributed by atoms with E-state index in [0.29, 0.717) is 17.0 Å². The summed E-state index contributed by atoms with van der Waals surface area (Å²) in [6.07, 6.45) is 0. The molecule has 0 unspecified atom stereocenters. The minimum absolute atomic E-state index is 0.146. The summed E-state index contributed by atoms with van der Waals surface area (Å²) in [5.41, 5.74) is 1.18. The molecule has 0 spiro atoms. The molecule has 0 aliphatic rings. The molecule has 0 radical (unpaired) electrons. The second kappa shape index (κ2) is 6.07. The molecule has 23 heavy (non-hydrogen) atoms. The zero-order valence-electron chi connectivity index (χ0n) is 13.7. The van der Waals surface area contributed by atoms with Crippen LogP contribution in [0.2, 0.25) is 0 Å². The Hall–Kier alpha value is -2.29. The quantitative estimate of drug-likeness (QED) is 0.857. The molecule has 9 heteroatoms. The average molecular weight is 340 g/mol. The molecule has 2 rings (SSSR count). The fraction of sp³-hybridized carbons (Fsp3) is 0.429. The number of H-pyrrole nitrogens is 1. The van der Waals surface area contributed by atoms with Gasteiger partial charge in [0.05, 0.1) is 0 Å². The number of hydrogen-bond donors (Lipinski definition) is 2. The van der Waals surface area contributed by atoms with E-state index in [9.17, 15) is 13.2 Å². The van der Waals surface area contributed by atoms with E-state index in [1.54, 1.807) is 19.1 Å². The van der Waals surface area contributed by atoms with Gasteiger partial charge >= 0.3 is 0 Å². The second-order valence-electron chi connectivity index (χ2n) is 5.50. The first-order valence-electron chi connectivity index (χ1n) is 6.98. The summed E-state index contributed by atoms with van der Waals surface area (Å²) in [5, 5.41) is 5.50. The fourth-order valence-corrected chi connectivity index (χ4v) is 3.15. The van der Waals surface area contributed by atoms with Gasteiger partial charge in [0.2, 0.25) is 15.9 Å². The van der Waals surface area contributed by atoms with Crippen molar-refractivity contribution in [3.63, 3.8) is 0 Å². The number of aromatic nitrogens is 2. The van der Waals surface area contributed by atoms with E-state index >= 15 is 0 Å². The molecule has 8 nitrogen and oxygen atoms in total. The van der Waals surface area contributed by atoms with Crippen LogP contribution < -0.4 is 4.72 Å². The van der Waals surface area contributed by atoms with Crippen molar-refractivity contribution in [3.05, 3.63) is 23.5 Å². The first-order valence-corrected chi connectivity index (χ1v) is 8.52. The molecule has 0 fully saturated rings. The van der Waals surface area contributed by atoms with Crippen molar-refractivity contribution in [1.29, 1.82) is 0 Å². The predicted molar refractivity (Wildman–Crippen MR) is 86.5 cm³/mol. The molecule has 2 aromatic rings. The highest BCUT2D eigenvalue weighted by molar-refractivity contribution is 7.94. The van der Waals surface area contributed by atoms with Crippen molar-refractivity contribution in [3.8, 4) is 11.5 Å². The van der Waals surface area contributed by atoms with Crippen LogP contribution in [0.3, 0.4) is 0 Å². The highest BCUT2D eigenvalue weighted by atomic mass is 32.2. The van der Waals surface area contributed by atoms with E-state index in [2.05, 4.69) is 14.9 Å². The number of amides is 1. The lowest BCUT2D eigenvalue weighted by molar-refractivity contribution is -0.127. The normalized spacial score (nSPS) is 12.9. The fourth-order valence-electron chi connectivity index (χ4n) is 2.03. The van der Waals surface area contributed by atoms with Crippen LogP contribution in [0, 0.1) is 13.8 Å². The van der Waals surface area contributed by atoms with E-state index in [1.807, 2.05) is 6.92 Å². The van der Waals surface area contributed by atoms with E-state index in [1.165, 1.54) is 25.9 Å². The lowest BCUT2D eigenvalue weighted by atomic mass is 10.2. The van der Waals surface area contributed by atoms with Gasteiger partial charge in [-0.25, -0.2) is 8.42 Å². The van der Waals surface area contributed by atoms with E-state index < -0.39 is 21.2 Å². The van der Waals surface area contributed by atoms with Crippen LogP contribution in [0.1, 0.15) is 18.2 Å². The molecular formula is C14H20N4O4S. The SMILES string of the molecule is Cc1ccc(-c2[nH]nc(NS(=O)(=O)[C@H](C)C(=O)N(C)C)c2C)o1. The van der Waals surface area contributed by atoms with Gasteiger partial charge in [-0.05, 0) is 32.9 Å². The van der Waals surface area contributed by atoms with Gasteiger partial charge in [0.25, 0.3) is 0 Å². The molecule has 0 aliphatic heterocycles. The second-order valence-corrected chi connectivity index (χ2v) is 7.51. The average Bonchev–Trinajstić information content (AvgIpc) is 3.04. The minimum Gasteiger partial charge on any atom is -0.460 e. The lowest BCUT2D eigenvalue weighted by Gasteiger charge is -2.17. The van der Waals surface area contributed by atoms with Gasteiger partial charge in [-0.1, -0.05) is 0 Å². The van der Waals surface area contributed by atoms with E-state index in [0.717, 1.165) is 5.76 Å². The van der Waals surface area contributed by atoms with Crippen LogP contribution in [0.25, 0.3) is 11.5 Å². The van der Waals surface area contributed by atoms with Gasteiger partial charge in [0, 0.05) is 19.7 Å². The first kappa shape index (κ1) is 17.1. The van der Waals surface area contributed by atoms with Crippen molar-refractivity contribution in [2.75, 3.05) is 18.8 Å². The lowest BCUT2D eigenvalue weighted by Crippen LogP contribution is -2.39. The first-order chi connectivity index (χ1) is 10.6. The Morgan fingerprint density at radius 3 is 2.52 bits per heavy atom. The van der Waals surface area contributed by atoms with Crippen LogP contribution in [-0.2, 0) is 14.8 Å². The Morgan fingerprint density at radius 1 is 1.35 bits per heavy atom. The van der Waals surface area contributed by atoms with Crippen molar-refractivity contribution >= 4 is 21.7 Å².